The molecular formula is C15H20BrN3. The molecule has 2 rings (SSSR count). The van der Waals surface area contributed by atoms with Gasteiger partial charge in [0, 0.05) is 16.7 Å². The van der Waals surface area contributed by atoms with Gasteiger partial charge in [-0.2, -0.15) is 5.10 Å². The molecule has 0 unspecified atom stereocenters. The van der Waals surface area contributed by atoms with Crippen LogP contribution in [0.15, 0.2) is 28.7 Å². The normalized spacial score (nSPS) is 10.9. The van der Waals surface area contributed by atoms with Crippen LogP contribution in [0.4, 0.5) is 0 Å². The second-order valence-electron chi connectivity index (χ2n) is 4.79. The summed E-state index contributed by atoms with van der Waals surface area (Å²) in [6.45, 7) is 8.19. The molecule has 1 aromatic carbocycles. The molecule has 1 N–H and O–H groups in total. The highest BCUT2D eigenvalue weighted by atomic mass is 79.9. The smallest absolute Gasteiger partial charge is 0.0704 e. The van der Waals surface area contributed by atoms with Crippen LogP contribution in [0.2, 0.25) is 0 Å². The summed E-state index contributed by atoms with van der Waals surface area (Å²) in [7, 11) is 0. The molecule has 4 heteroatoms. The number of aromatic nitrogens is 2. The van der Waals surface area contributed by atoms with E-state index in [9.17, 15) is 0 Å². The van der Waals surface area contributed by atoms with Crippen molar-refractivity contribution in [3.63, 3.8) is 0 Å². The van der Waals surface area contributed by atoms with Crippen LogP contribution in [0.1, 0.15) is 30.3 Å². The third kappa shape index (κ3) is 3.45. The summed E-state index contributed by atoms with van der Waals surface area (Å²) >= 11 is 3.55. The quantitative estimate of drug-likeness (QED) is 0.850. The lowest BCUT2D eigenvalue weighted by molar-refractivity contribution is 0.669. The summed E-state index contributed by atoms with van der Waals surface area (Å²) < 4.78 is 3.09. The fourth-order valence-corrected chi connectivity index (χ4v) is 2.51. The maximum absolute atomic E-state index is 4.58. The highest BCUT2D eigenvalue weighted by molar-refractivity contribution is 9.10. The van der Waals surface area contributed by atoms with Gasteiger partial charge in [-0.1, -0.05) is 28.9 Å². The predicted molar refractivity (Wildman–Crippen MR) is 82.7 cm³/mol. The van der Waals surface area contributed by atoms with E-state index in [2.05, 4.69) is 64.5 Å². The van der Waals surface area contributed by atoms with E-state index in [1.54, 1.807) is 0 Å². The summed E-state index contributed by atoms with van der Waals surface area (Å²) in [5.41, 5.74) is 4.61. The molecule has 1 heterocycles. The zero-order valence-electron chi connectivity index (χ0n) is 11.7. The van der Waals surface area contributed by atoms with Gasteiger partial charge in [-0.25, -0.2) is 4.68 Å². The number of nitrogens with one attached hydrogen (secondary N) is 1. The van der Waals surface area contributed by atoms with Crippen molar-refractivity contribution in [1.29, 1.82) is 0 Å². The molecule has 0 aliphatic carbocycles. The van der Waals surface area contributed by atoms with Crippen molar-refractivity contribution in [2.24, 2.45) is 0 Å². The first-order valence-electron chi connectivity index (χ1n) is 6.64. The summed E-state index contributed by atoms with van der Waals surface area (Å²) in [6.07, 6.45) is 1.14. The molecule has 0 atom stereocenters. The first-order chi connectivity index (χ1) is 9.11. The minimum atomic E-state index is 0.870. The van der Waals surface area contributed by atoms with Gasteiger partial charge in [0.05, 0.1) is 11.4 Å². The highest BCUT2D eigenvalue weighted by Crippen LogP contribution is 2.22. The van der Waals surface area contributed by atoms with Gasteiger partial charge in [0.15, 0.2) is 0 Å². The van der Waals surface area contributed by atoms with E-state index < -0.39 is 0 Å². The number of hydrogen-bond acceptors (Lipinski definition) is 2. The zero-order valence-corrected chi connectivity index (χ0v) is 13.3. The van der Waals surface area contributed by atoms with Gasteiger partial charge in [0.2, 0.25) is 0 Å². The molecule has 0 amide bonds. The Labute approximate surface area is 123 Å². The van der Waals surface area contributed by atoms with Gasteiger partial charge in [-0.15, -0.1) is 0 Å². The average molecular weight is 322 g/mol. The Morgan fingerprint density at radius 1 is 1.26 bits per heavy atom. The molecule has 2 aromatic rings. The Balaban J connectivity index is 2.37. The maximum Gasteiger partial charge on any atom is 0.0704 e. The summed E-state index contributed by atoms with van der Waals surface area (Å²) in [5, 5.41) is 8.03. The molecule has 0 saturated carbocycles. The van der Waals surface area contributed by atoms with Gasteiger partial charge < -0.3 is 5.32 Å². The van der Waals surface area contributed by atoms with Crippen molar-refractivity contribution < 1.29 is 0 Å². The number of aryl methyl sites for hydroxylation is 2. The largest absolute Gasteiger partial charge is 0.313 e. The first kappa shape index (κ1) is 14.3. The Hall–Kier alpha value is -1.13. The number of halogens is 1. The molecule has 19 heavy (non-hydrogen) atoms. The standard InChI is InChI=1S/C15H20BrN3/c1-4-7-17-10-13-5-6-14(16)9-15(13)19-12(3)8-11(2)18-19/h5-6,8-9,17H,4,7,10H2,1-3H3. The SMILES string of the molecule is CCCNCc1ccc(Br)cc1-n1nc(C)cc1C. The van der Waals surface area contributed by atoms with E-state index in [4.69, 9.17) is 0 Å². The monoisotopic (exact) mass is 321 g/mol. The minimum absolute atomic E-state index is 0.870. The zero-order chi connectivity index (χ0) is 13.8. The van der Waals surface area contributed by atoms with E-state index in [0.717, 1.165) is 41.1 Å². The molecule has 0 fully saturated rings. The molecule has 0 bridgehead atoms. The molecule has 1 aromatic heterocycles. The topological polar surface area (TPSA) is 29.9 Å². The Morgan fingerprint density at radius 3 is 2.68 bits per heavy atom. The third-order valence-corrected chi connectivity index (χ3v) is 3.52. The van der Waals surface area contributed by atoms with E-state index in [-0.39, 0.29) is 0 Å². The molecule has 3 nitrogen and oxygen atoms in total. The van der Waals surface area contributed by atoms with Crippen LogP contribution in [0.5, 0.6) is 0 Å². The third-order valence-electron chi connectivity index (χ3n) is 3.03. The second kappa shape index (κ2) is 6.35. The Kier molecular flexibility index (Phi) is 4.77. The molecule has 102 valence electrons. The maximum atomic E-state index is 4.58. The van der Waals surface area contributed by atoms with E-state index in [1.165, 1.54) is 5.56 Å². The molecule has 0 aliphatic heterocycles. The molecule has 0 spiro atoms. The van der Waals surface area contributed by atoms with Gasteiger partial charge in [-0.05, 0) is 50.6 Å². The van der Waals surface area contributed by atoms with Crippen molar-refractivity contribution in [2.45, 2.75) is 33.7 Å². The molecular weight excluding hydrogens is 302 g/mol. The number of hydrogen-bond donors (Lipinski definition) is 1. The summed E-state index contributed by atoms with van der Waals surface area (Å²) in [6, 6.07) is 8.46. The van der Waals surface area contributed by atoms with Crippen LogP contribution in [0, 0.1) is 13.8 Å². The van der Waals surface area contributed by atoms with E-state index in [1.807, 2.05) is 11.6 Å². The fraction of sp³-hybridized carbons (Fsp3) is 0.400. The van der Waals surface area contributed by atoms with Gasteiger partial charge in [-0.3, -0.25) is 0 Å². The van der Waals surface area contributed by atoms with Crippen LogP contribution in [0.25, 0.3) is 5.69 Å². The number of nitrogens with zero attached hydrogens (tertiary/aromatic N) is 2. The molecule has 0 radical (unpaired) electrons. The van der Waals surface area contributed by atoms with Gasteiger partial charge in [0.1, 0.15) is 0 Å². The van der Waals surface area contributed by atoms with Gasteiger partial charge in [0.25, 0.3) is 0 Å². The van der Waals surface area contributed by atoms with Crippen LogP contribution in [0.3, 0.4) is 0 Å². The van der Waals surface area contributed by atoms with E-state index >= 15 is 0 Å². The van der Waals surface area contributed by atoms with Crippen LogP contribution >= 0.6 is 15.9 Å². The average Bonchev–Trinajstić information content (AvgIpc) is 2.70. The molecule has 0 aliphatic rings. The lowest BCUT2D eigenvalue weighted by atomic mass is 10.1. The van der Waals surface area contributed by atoms with Gasteiger partial charge >= 0.3 is 0 Å². The molecule has 0 saturated heterocycles. The van der Waals surface area contributed by atoms with Crippen LogP contribution < -0.4 is 5.32 Å². The first-order valence-corrected chi connectivity index (χ1v) is 7.44. The number of rotatable bonds is 5. The van der Waals surface area contributed by atoms with Crippen molar-refractivity contribution >= 4 is 15.9 Å². The van der Waals surface area contributed by atoms with E-state index in [0.29, 0.717) is 0 Å². The highest BCUT2D eigenvalue weighted by Gasteiger charge is 2.09. The van der Waals surface area contributed by atoms with Crippen molar-refractivity contribution in [2.75, 3.05) is 6.54 Å². The summed E-state index contributed by atoms with van der Waals surface area (Å²) in [4.78, 5) is 0. The Morgan fingerprint density at radius 2 is 2.05 bits per heavy atom. The Bertz CT molecular complexity index is 561. The van der Waals surface area contributed by atoms with Crippen molar-refractivity contribution in [1.82, 2.24) is 15.1 Å². The van der Waals surface area contributed by atoms with Crippen LogP contribution in [-0.2, 0) is 6.54 Å². The summed E-state index contributed by atoms with van der Waals surface area (Å²) in [5.74, 6) is 0. The predicted octanol–water partition coefficient (Wildman–Crippen LogP) is 3.75. The van der Waals surface area contributed by atoms with Crippen molar-refractivity contribution in [3.8, 4) is 5.69 Å². The second-order valence-corrected chi connectivity index (χ2v) is 5.70. The van der Waals surface area contributed by atoms with Crippen molar-refractivity contribution in [3.05, 3.63) is 45.7 Å². The minimum Gasteiger partial charge on any atom is -0.313 e. The fourth-order valence-electron chi connectivity index (χ4n) is 2.16. The number of benzene rings is 1. The lowest BCUT2D eigenvalue weighted by Crippen LogP contribution is -2.16. The lowest BCUT2D eigenvalue weighted by Gasteiger charge is -2.12. The van der Waals surface area contributed by atoms with Crippen LogP contribution in [-0.4, -0.2) is 16.3 Å².